The van der Waals surface area contributed by atoms with Crippen LogP contribution in [-0.4, -0.2) is 41.0 Å². The van der Waals surface area contributed by atoms with Crippen LogP contribution in [0.2, 0.25) is 5.02 Å². The Hall–Kier alpha value is -3.13. The molecule has 0 aliphatic heterocycles. The largest absolute Gasteiger partial charge is 0.511 e. The first-order chi connectivity index (χ1) is 14.5. The number of ether oxygens (including phenoxy) is 1. The molecule has 0 spiro atoms. The molecule has 1 heterocycles. The van der Waals surface area contributed by atoms with Crippen LogP contribution in [0.4, 0.5) is 10.5 Å². The molecule has 7 nitrogen and oxygen atoms in total. The van der Waals surface area contributed by atoms with E-state index in [0.29, 0.717) is 24.7 Å². The number of nitrogens with one attached hydrogen (secondary N) is 2. The molecule has 8 heteroatoms. The van der Waals surface area contributed by atoms with Gasteiger partial charge in [0.05, 0.1) is 12.3 Å². The summed E-state index contributed by atoms with van der Waals surface area (Å²) in [5, 5.41) is 26.1. The van der Waals surface area contributed by atoms with Gasteiger partial charge in [0, 0.05) is 42.1 Å². The maximum atomic E-state index is 10.7. The molecular formula is C22H22ClN3O4. The minimum Gasteiger partial charge on any atom is -0.449 e. The topological polar surface area (TPSA) is 104 Å². The Labute approximate surface area is 179 Å². The molecule has 0 saturated carbocycles. The molecule has 3 aromatic rings. The number of anilines is 1. The fourth-order valence-corrected chi connectivity index (χ4v) is 3.11. The zero-order valence-electron chi connectivity index (χ0n) is 16.1. The molecular weight excluding hydrogens is 406 g/mol. The van der Waals surface area contributed by atoms with Gasteiger partial charge in [-0.25, -0.2) is 4.79 Å². The van der Waals surface area contributed by atoms with E-state index in [1.165, 1.54) is 6.20 Å². The Morgan fingerprint density at radius 1 is 1.07 bits per heavy atom. The highest BCUT2D eigenvalue weighted by Crippen LogP contribution is 2.25. The minimum atomic E-state index is -1.38. The van der Waals surface area contributed by atoms with Crippen molar-refractivity contribution in [3.8, 4) is 16.9 Å². The van der Waals surface area contributed by atoms with Gasteiger partial charge in [-0.3, -0.25) is 4.98 Å². The van der Waals surface area contributed by atoms with Crippen molar-refractivity contribution in [2.75, 3.05) is 25.0 Å². The Balaban J connectivity index is 1.49. The van der Waals surface area contributed by atoms with E-state index in [9.17, 15) is 9.90 Å². The number of aliphatic hydroxyl groups excluding tert-OH is 1. The van der Waals surface area contributed by atoms with Gasteiger partial charge in [0.15, 0.2) is 5.75 Å². The Kier molecular flexibility index (Phi) is 7.62. The lowest BCUT2D eigenvalue weighted by molar-refractivity contribution is 0.144. The van der Waals surface area contributed by atoms with E-state index in [-0.39, 0.29) is 5.75 Å². The third kappa shape index (κ3) is 6.45. The van der Waals surface area contributed by atoms with Gasteiger partial charge in [-0.05, 0) is 41.5 Å². The molecule has 0 aliphatic carbocycles. The van der Waals surface area contributed by atoms with Crippen LogP contribution in [0.5, 0.6) is 5.75 Å². The van der Waals surface area contributed by atoms with Crippen LogP contribution in [0.3, 0.4) is 0 Å². The number of rotatable bonds is 9. The van der Waals surface area contributed by atoms with E-state index in [1.54, 1.807) is 24.4 Å². The molecule has 0 aliphatic rings. The Morgan fingerprint density at radius 2 is 1.90 bits per heavy atom. The molecule has 156 valence electrons. The normalized spacial score (nSPS) is 11.7. The number of nitrogens with zero attached hydrogens (tertiary/aromatic N) is 1. The number of hydrogen-bond donors (Lipinski definition) is 4. The number of hydrogen-bond acceptors (Lipinski definition) is 6. The van der Waals surface area contributed by atoms with Crippen molar-refractivity contribution in [2.24, 2.45) is 0 Å². The van der Waals surface area contributed by atoms with E-state index >= 15 is 0 Å². The molecule has 30 heavy (non-hydrogen) atoms. The summed E-state index contributed by atoms with van der Waals surface area (Å²) in [5.74, 6) is 0.167. The van der Waals surface area contributed by atoms with E-state index in [2.05, 4.69) is 20.4 Å². The SMILES string of the molecule is O=C(O)Oc1cncc(-c2cccc(NCCNC[C@H](O)c3cccc(Cl)c3)c2)c1. The van der Waals surface area contributed by atoms with Crippen molar-refractivity contribution in [3.63, 3.8) is 0 Å². The predicted octanol–water partition coefficient (Wildman–Crippen LogP) is 4.19. The number of carbonyl (C=O) groups is 1. The van der Waals surface area contributed by atoms with Crippen LogP contribution in [0, 0.1) is 0 Å². The number of carboxylic acid groups (broad SMARTS) is 1. The highest BCUT2D eigenvalue weighted by Gasteiger charge is 2.07. The highest BCUT2D eigenvalue weighted by atomic mass is 35.5. The maximum absolute atomic E-state index is 10.7. The molecule has 3 rings (SSSR count). The molecule has 0 saturated heterocycles. The van der Waals surface area contributed by atoms with E-state index in [4.69, 9.17) is 16.7 Å². The summed E-state index contributed by atoms with van der Waals surface area (Å²) in [6.07, 6.45) is 0.993. The Morgan fingerprint density at radius 3 is 2.70 bits per heavy atom. The molecule has 0 fully saturated rings. The summed E-state index contributed by atoms with van der Waals surface area (Å²) in [7, 11) is 0. The molecule has 2 aromatic carbocycles. The standard InChI is InChI=1S/C22H22ClN3O4/c23-18-5-1-4-16(9-18)21(27)14-24-7-8-26-19-6-2-3-15(10-19)17-11-20(13-25-12-17)30-22(28)29/h1-6,9-13,21,24,26-27H,7-8,14H2,(H,28,29)/t21-/m0/s1. The molecule has 0 amide bonds. The van der Waals surface area contributed by atoms with Crippen LogP contribution in [0.25, 0.3) is 11.1 Å². The van der Waals surface area contributed by atoms with Crippen LogP contribution in [0.15, 0.2) is 67.0 Å². The van der Waals surface area contributed by atoms with Crippen LogP contribution in [-0.2, 0) is 0 Å². The molecule has 1 atom stereocenters. The molecule has 1 aromatic heterocycles. The number of aromatic nitrogens is 1. The first-order valence-corrected chi connectivity index (χ1v) is 9.73. The number of benzene rings is 2. The fraction of sp³-hybridized carbons (Fsp3) is 0.182. The summed E-state index contributed by atoms with van der Waals surface area (Å²) in [5.41, 5.74) is 3.32. The van der Waals surface area contributed by atoms with Crippen LogP contribution >= 0.6 is 11.6 Å². The number of halogens is 1. The average Bonchev–Trinajstić information content (AvgIpc) is 2.73. The van der Waals surface area contributed by atoms with E-state index < -0.39 is 12.3 Å². The number of aliphatic hydroxyl groups is 1. The summed E-state index contributed by atoms with van der Waals surface area (Å²) in [6.45, 7) is 1.74. The predicted molar refractivity (Wildman–Crippen MR) is 116 cm³/mol. The number of pyridine rings is 1. The first-order valence-electron chi connectivity index (χ1n) is 9.35. The van der Waals surface area contributed by atoms with E-state index in [1.807, 2.05) is 36.4 Å². The summed E-state index contributed by atoms with van der Waals surface area (Å²) >= 11 is 5.95. The fourth-order valence-electron chi connectivity index (χ4n) is 2.91. The lowest BCUT2D eigenvalue weighted by Crippen LogP contribution is -2.26. The van der Waals surface area contributed by atoms with Crippen LogP contribution < -0.4 is 15.4 Å². The van der Waals surface area contributed by atoms with Gasteiger partial charge in [0.1, 0.15) is 0 Å². The van der Waals surface area contributed by atoms with Crippen LogP contribution in [0.1, 0.15) is 11.7 Å². The van der Waals surface area contributed by atoms with Crippen molar-refractivity contribution in [2.45, 2.75) is 6.10 Å². The second-order valence-electron chi connectivity index (χ2n) is 6.56. The summed E-state index contributed by atoms with van der Waals surface area (Å²) < 4.78 is 4.66. The third-order valence-corrected chi connectivity index (χ3v) is 4.55. The zero-order valence-corrected chi connectivity index (χ0v) is 16.8. The first kappa shape index (κ1) is 21.6. The van der Waals surface area contributed by atoms with Gasteiger partial charge in [0.2, 0.25) is 0 Å². The molecule has 0 radical (unpaired) electrons. The average molecular weight is 428 g/mol. The van der Waals surface area contributed by atoms with Gasteiger partial charge in [-0.1, -0.05) is 35.9 Å². The maximum Gasteiger partial charge on any atom is 0.511 e. The Bertz CT molecular complexity index is 999. The van der Waals surface area contributed by atoms with Crippen molar-refractivity contribution in [1.82, 2.24) is 10.3 Å². The molecule has 4 N–H and O–H groups in total. The van der Waals surface area contributed by atoms with Crippen molar-refractivity contribution < 1.29 is 19.7 Å². The zero-order chi connectivity index (χ0) is 21.3. The van der Waals surface area contributed by atoms with Gasteiger partial charge >= 0.3 is 6.16 Å². The van der Waals surface area contributed by atoms with Gasteiger partial charge in [-0.2, -0.15) is 0 Å². The lowest BCUT2D eigenvalue weighted by Gasteiger charge is -2.13. The monoisotopic (exact) mass is 427 g/mol. The quantitative estimate of drug-likeness (QED) is 0.300. The molecule has 0 bridgehead atoms. The highest BCUT2D eigenvalue weighted by molar-refractivity contribution is 6.30. The van der Waals surface area contributed by atoms with Gasteiger partial charge in [-0.15, -0.1) is 0 Å². The van der Waals surface area contributed by atoms with Gasteiger partial charge < -0.3 is 25.6 Å². The summed E-state index contributed by atoms with van der Waals surface area (Å²) in [4.78, 5) is 14.7. The third-order valence-electron chi connectivity index (χ3n) is 4.32. The van der Waals surface area contributed by atoms with Crippen molar-refractivity contribution >= 4 is 23.4 Å². The van der Waals surface area contributed by atoms with Crippen molar-refractivity contribution in [3.05, 3.63) is 77.6 Å². The molecule has 0 unspecified atom stereocenters. The summed E-state index contributed by atoms with van der Waals surface area (Å²) in [6, 6.07) is 16.5. The van der Waals surface area contributed by atoms with Gasteiger partial charge in [0.25, 0.3) is 0 Å². The second kappa shape index (κ2) is 10.6. The second-order valence-corrected chi connectivity index (χ2v) is 7.00. The minimum absolute atomic E-state index is 0.167. The van der Waals surface area contributed by atoms with Crippen molar-refractivity contribution in [1.29, 1.82) is 0 Å². The van der Waals surface area contributed by atoms with E-state index in [0.717, 1.165) is 22.4 Å². The smallest absolute Gasteiger partial charge is 0.449 e. The lowest BCUT2D eigenvalue weighted by atomic mass is 10.1.